The molecule has 1 fully saturated rings. The quantitative estimate of drug-likeness (QED) is 0.796. The second kappa shape index (κ2) is 6.05. The van der Waals surface area contributed by atoms with Crippen LogP contribution in [0.5, 0.6) is 0 Å². The lowest BCUT2D eigenvalue weighted by atomic mass is 10.1. The summed E-state index contributed by atoms with van der Waals surface area (Å²) in [6.45, 7) is 1.95. The molecule has 0 aliphatic heterocycles. The van der Waals surface area contributed by atoms with Crippen molar-refractivity contribution in [2.45, 2.75) is 31.8 Å². The summed E-state index contributed by atoms with van der Waals surface area (Å²) in [5.41, 5.74) is 2.71. The van der Waals surface area contributed by atoms with Crippen LogP contribution in [-0.4, -0.2) is 22.4 Å². The zero-order chi connectivity index (χ0) is 13.1. The van der Waals surface area contributed by atoms with Gasteiger partial charge in [-0.25, -0.2) is 0 Å². The molecule has 0 spiro atoms. The smallest absolute Gasteiger partial charge is 0.0659 e. The molecule has 2 aromatic rings. The van der Waals surface area contributed by atoms with Crippen LogP contribution in [0.2, 0.25) is 0 Å². The standard InChI is InChI=1S/C15H18IN3/c16-14-9-18-19(11-14)10-13-3-1-12(2-4-13)7-8-17-15-5-6-15/h1-4,9,11,15,17H,5-8,10H2. The van der Waals surface area contributed by atoms with Crippen molar-refractivity contribution in [3.8, 4) is 0 Å². The zero-order valence-electron chi connectivity index (χ0n) is 10.8. The lowest BCUT2D eigenvalue weighted by molar-refractivity contribution is 0.678. The fourth-order valence-electron chi connectivity index (χ4n) is 2.13. The summed E-state index contributed by atoms with van der Waals surface area (Å²) in [5, 5.41) is 7.86. The minimum absolute atomic E-state index is 0.807. The molecular weight excluding hydrogens is 349 g/mol. The third kappa shape index (κ3) is 4.04. The van der Waals surface area contributed by atoms with Gasteiger partial charge in [-0.3, -0.25) is 4.68 Å². The first-order chi connectivity index (χ1) is 9.29. The molecule has 19 heavy (non-hydrogen) atoms. The Morgan fingerprint density at radius 1 is 1.21 bits per heavy atom. The van der Waals surface area contributed by atoms with Gasteiger partial charge in [0.25, 0.3) is 0 Å². The van der Waals surface area contributed by atoms with E-state index in [1.807, 2.05) is 10.9 Å². The molecule has 0 saturated heterocycles. The molecule has 1 aliphatic carbocycles. The maximum atomic E-state index is 4.31. The van der Waals surface area contributed by atoms with Crippen LogP contribution in [0.3, 0.4) is 0 Å². The van der Waals surface area contributed by atoms with Crippen LogP contribution in [0.15, 0.2) is 36.7 Å². The van der Waals surface area contributed by atoms with Crippen LogP contribution in [0, 0.1) is 3.57 Å². The molecule has 0 amide bonds. The Labute approximate surface area is 127 Å². The van der Waals surface area contributed by atoms with E-state index in [1.54, 1.807) is 0 Å². The molecule has 1 aromatic carbocycles. The Hall–Kier alpha value is -0.880. The zero-order valence-corrected chi connectivity index (χ0v) is 13.0. The van der Waals surface area contributed by atoms with Crippen LogP contribution in [0.25, 0.3) is 0 Å². The number of hydrogen-bond acceptors (Lipinski definition) is 2. The molecule has 0 atom stereocenters. The number of rotatable bonds is 6. The maximum Gasteiger partial charge on any atom is 0.0659 e. The number of halogens is 1. The van der Waals surface area contributed by atoms with Gasteiger partial charge in [-0.15, -0.1) is 0 Å². The van der Waals surface area contributed by atoms with Gasteiger partial charge in [-0.1, -0.05) is 24.3 Å². The van der Waals surface area contributed by atoms with Crippen molar-refractivity contribution in [1.29, 1.82) is 0 Å². The van der Waals surface area contributed by atoms with Crippen LogP contribution >= 0.6 is 22.6 Å². The Bertz CT molecular complexity index is 529. The SMILES string of the molecule is Ic1cnn(Cc2ccc(CCNC3CC3)cc2)c1. The molecule has 0 bridgehead atoms. The summed E-state index contributed by atoms with van der Waals surface area (Å²) in [6, 6.07) is 9.69. The first kappa shape index (κ1) is 13.1. The number of nitrogens with one attached hydrogen (secondary N) is 1. The first-order valence-corrected chi connectivity index (χ1v) is 7.86. The molecular formula is C15H18IN3. The van der Waals surface area contributed by atoms with Gasteiger partial charge in [0.1, 0.15) is 0 Å². The van der Waals surface area contributed by atoms with Crippen molar-refractivity contribution in [2.75, 3.05) is 6.54 Å². The van der Waals surface area contributed by atoms with Crippen molar-refractivity contribution in [1.82, 2.24) is 15.1 Å². The minimum Gasteiger partial charge on any atom is -0.314 e. The number of nitrogens with zero attached hydrogens (tertiary/aromatic N) is 2. The van der Waals surface area contributed by atoms with Gasteiger partial charge >= 0.3 is 0 Å². The van der Waals surface area contributed by atoms with Crippen LogP contribution in [0.4, 0.5) is 0 Å². The Balaban J connectivity index is 1.52. The third-order valence-corrected chi connectivity index (χ3v) is 3.95. The monoisotopic (exact) mass is 367 g/mol. The Morgan fingerprint density at radius 2 is 1.95 bits per heavy atom. The molecule has 1 heterocycles. The van der Waals surface area contributed by atoms with Crippen molar-refractivity contribution in [2.24, 2.45) is 0 Å². The van der Waals surface area contributed by atoms with E-state index in [0.29, 0.717) is 0 Å². The van der Waals surface area contributed by atoms with Crippen LogP contribution < -0.4 is 5.32 Å². The van der Waals surface area contributed by atoms with E-state index in [2.05, 4.69) is 63.5 Å². The number of aromatic nitrogens is 2. The van der Waals surface area contributed by atoms with Gasteiger partial charge < -0.3 is 5.32 Å². The third-order valence-electron chi connectivity index (χ3n) is 3.39. The molecule has 1 saturated carbocycles. The van der Waals surface area contributed by atoms with Gasteiger partial charge in [0, 0.05) is 12.2 Å². The van der Waals surface area contributed by atoms with Gasteiger partial charge in [0.05, 0.1) is 16.3 Å². The highest BCUT2D eigenvalue weighted by atomic mass is 127. The van der Waals surface area contributed by atoms with Gasteiger partial charge in [0.15, 0.2) is 0 Å². The normalized spacial score (nSPS) is 14.8. The maximum absolute atomic E-state index is 4.31. The molecule has 1 aromatic heterocycles. The molecule has 100 valence electrons. The molecule has 1 aliphatic rings. The molecule has 3 nitrogen and oxygen atoms in total. The molecule has 3 rings (SSSR count). The second-order valence-electron chi connectivity index (χ2n) is 5.15. The number of hydrogen-bond donors (Lipinski definition) is 1. The Kier molecular flexibility index (Phi) is 4.18. The van der Waals surface area contributed by atoms with Crippen molar-refractivity contribution < 1.29 is 0 Å². The molecule has 1 N–H and O–H groups in total. The fourth-order valence-corrected chi connectivity index (χ4v) is 2.58. The topological polar surface area (TPSA) is 29.9 Å². The summed E-state index contributed by atoms with van der Waals surface area (Å²) in [6.07, 6.45) is 7.80. The second-order valence-corrected chi connectivity index (χ2v) is 6.40. The average Bonchev–Trinajstić information content (AvgIpc) is 3.14. The summed E-state index contributed by atoms with van der Waals surface area (Å²) in [5.74, 6) is 0. The van der Waals surface area contributed by atoms with Gasteiger partial charge in [-0.2, -0.15) is 5.10 Å². The van der Waals surface area contributed by atoms with Crippen molar-refractivity contribution in [3.05, 3.63) is 51.4 Å². The van der Waals surface area contributed by atoms with Crippen molar-refractivity contribution >= 4 is 22.6 Å². The molecule has 0 radical (unpaired) electrons. The lowest BCUT2D eigenvalue weighted by Crippen LogP contribution is -2.19. The Morgan fingerprint density at radius 3 is 2.58 bits per heavy atom. The van der Waals surface area contributed by atoms with Crippen molar-refractivity contribution in [3.63, 3.8) is 0 Å². The predicted octanol–water partition coefficient (Wildman–Crippen LogP) is 2.83. The van der Waals surface area contributed by atoms with E-state index in [4.69, 9.17) is 0 Å². The van der Waals surface area contributed by atoms with E-state index in [-0.39, 0.29) is 0 Å². The van der Waals surface area contributed by atoms with E-state index >= 15 is 0 Å². The van der Waals surface area contributed by atoms with Gasteiger partial charge in [-0.05, 0) is 59.5 Å². The van der Waals surface area contributed by atoms with E-state index < -0.39 is 0 Å². The van der Waals surface area contributed by atoms with Gasteiger partial charge in [0.2, 0.25) is 0 Å². The minimum atomic E-state index is 0.807. The predicted molar refractivity (Wildman–Crippen MR) is 85.2 cm³/mol. The summed E-state index contributed by atoms with van der Waals surface area (Å²) >= 11 is 2.28. The fraction of sp³-hybridized carbons (Fsp3) is 0.400. The summed E-state index contributed by atoms with van der Waals surface area (Å²) in [7, 11) is 0. The van der Waals surface area contributed by atoms with E-state index in [1.165, 1.54) is 27.5 Å². The van der Waals surface area contributed by atoms with E-state index in [0.717, 1.165) is 25.6 Å². The van der Waals surface area contributed by atoms with Crippen LogP contribution in [-0.2, 0) is 13.0 Å². The summed E-state index contributed by atoms with van der Waals surface area (Å²) < 4.78 is 3.16. The first-order valence-electron chi connectivity index (χ1n) is 6.79. The number of benzene rings is 1. The highest BCUT2D eigenvalue weighted by Gasteiger charge is 2.19. The highest BCUT2D eigenvalue weighted by molar-refractivity contribution is 14.1. The largest absolute Gasteiger partial charge is 0.314 e. The average molecular weight is 367 g/mol. The highest BCUT2D eigenvalue weighted by Crippen LogP contribution is 2.18. The summed E-state index contributed by atoms with van der Waals surface area (Å²) in [4.78, 5) is 0. The van der Waals surface area contributed by atoms with Crippen LogP contribution in [0.1, 0.15) is 24.0 Å². The van der Waals surface area contributed by atoms with E-state index in [9.17, 15) is 0 Å². The molecule has 4 heteroatoms. The lowest BCUT2D eigenvalue weighted by Gasteiger charge is -2.05. The molecule has 0 unspecified atom stereocenters.